The average Bonchev–Trinajstić information content (AvgIpc) is 2.39. The van der Waals surface area contributed by atoms with E-state index < -0.39 is 0 Å². The van der Waals surface area contributed by atoms with Crippen molar-refractivity contribution < 1.29 is 4.79 Å². The molecule has 1 amide bonds. The third-order valence-electron chi connectivity index (χ3n) is 2.92. The molecule has 1 aromatic carbocycles. The number of para-hydroxylation sites is 1. The molecular formula is C15H21N3O. The minimum atomic E-state index is -0.367. The highest BCUT2D eigenvalue weighted by Crippen LogP contribution is 2.14. The standard InChI is InChI=1S/C15H21N3O/c1-4-7-11(2)17-15(19)12(3)18-14-9-6-5-8-13(14)10-16/h5-6,8-9,11-12,18H,4,7H2,1-3H3,(H,17,19). The number of carbonyl (C=O) groups is 1. The van der Waals surface area contributed by atoms with E-state index in [4.69, 9.17) is 5.26 Å². The molecule has 2 N–H and O–H groups in total. The molecule has 19 heavy (non-hydrogen) atoms. The number of hydrogen-bond donors (Lipinski definition) is 2. The first-order valence-corrected chi connectivity index (χ1v) is 6.64. The Hall–Kier alpha value is -2.02. The van der Waals surface area contributed by atoms with Gasteiger partial charge in [-0.1, -0.05) is 25.5 Å². The van der Waals surface area contributed by atoms with E-state index in [0.29, 0.717) is 11.3 Å². The van der Waals surface area contributed by atoms with Crippen LogP contribution in [0.15, 0.2) is 24.3 Å². The molecule has 0 heterocycles. The number of nitrogens with zero attached hydrogens (tertiary/aromatic N) is 1. The predicted molar refractivity (Wildman–Crippen MR) is 76.8 cm³/mol. The van der Waals surface area contributed by atoms with Crippen molar-refractivity contribution in [2.45, 2.75) is 45.7 Å². The molecule has 0 fully saturated rings. The molecule has 0 aromatic heterocycles. The van der Waals surface area contributed by atoms with E-state index in [1.54, 1.807) is 25.1 Å². The topological polar surface area (TPSA) is 64.9 Å². The summed E-state index contributed by atoms with van der Waals surface area (Å²) in [6, 6.07) is 9.09. The van der Waals surface area contributed by atoms with Gasteiger partial charge >= 0.3 is 0 Å². The smallest absolute Gasteiger partial charge is 0.242 e. The highest BCUT2D eigenvalue weighted by atomic mass is 16.2. The van der Waals surface area contributed by atoms with Gasteiger partial charge in [0.15, 0.2) is 0 Å². The van der Waals surface area contributed by atoms with E-state index in [1.807, 2.05) is 13.0 Å². The second-order valence-electron chi connectivity index (χ2n) is 4.72. The molecule has 0 aliphatic carbocycles. The van der Waals surface area contributed by atoms with Gasteiger partial charge in [0.1, 0.15) is 12.1 Å². The lowest BCUT2D eigenvalue weighted by Gasteiger charge is -2.19. The zero-order valence-electron chi connectivity index (χ0n) is 11.7. The maximum absolute atomic E-state index is 12.0. The molecule has 1 aromatic rings. The van der Waals surface area contributed by atoms with Crippen LogP contribution in [0, 0.1) is 11.3 Å². The summed E-state index contributed by atoms with van der Waals surface area (Å²) in [5.74, 6) is -0.0475. The van der Waals surface area contributed by atoms with Crippen molar-refractivity contribution in [1.29, 1.82) is 5.26 Å². The molecule has 0 spiro atoms. The second kappa shape index (κ2) is 7.42. The molecule has 0 aliphatic rings. The summed E-state index contributed by atoms with van der Waals surface area (Å²) >= 11 is 0. The monoisotopic (exact) mass is 259 g/mol. The van der Waals surface area contributed by atoms with Gasteiger partial charge in [-0.05, 0) is 32.4 Å². The lowest BCUT2D eigenvalue weighted by atomic mass is 10.1. The number of anilines is 1. The Morgan fingerprint density at radius 2 is 2.05 bits per heavy atom. The van der Waals surface area contributed by atoms with Crippen molar-refractivity contribution in [3.8, 4) is 6.07 Å². The van der Waals surface area contributed by atoms with Gasteiger partial charge in [0.25, 0.3) is 0 Å². The fourth-order valence-corrected chi connectivity index (χ4v) is 1.88. The van der Waals surface area contributed by atoms with Gasteiger partial charge in [-0.3, -0.25) is 4.79 Å². The van der Waals surface area contributed by atoms with Gasteiger partial charge in [-0.15, -0.1) is 0 Å². The number of amides is 1. The fraction of sp³-hybridized carbons (Fsp3) is 0.467. The van der Waals surface area contributed by atoms with Crippen LogP contribution in [0.25, 0.3) is 0 Å². The van der Waals surface area contributed by atoms with Crippen molar-refractivity contribution in [2.24, 2.45) is 0 Å². The van der Waals surface area contributed by atoms with E-state index in [0.717, 1.165) is 12.8 Å². The van der Waals surface area contributed by atoms with E-state index in [2.05, 4.69) is 23.6 Å². The molecule has 0 saturated carbocycles. The summed E-state index contributed by atoms with van der Waals surface area (Å²) < 4.78 is 0. The molecule has 4 nitrogen and oxygen atoms in total. The molecule has 0 saturated heterocycles. The van der Waals surface area contributed by atoms with Crippen molar-refractivity contribution >= 4 is 11.6 Å². The van der Waals surface area contributed by atoms with Crippen LogP contribution in [0.4, 0.5) is 5.69 Å². The molecule has 4 heteroatoms. The Morgan fingerprint density at radius 3 is 2.68 bits per heavy atom. The van der Waals surface area contributed by atoms with Gasteiger partial charge in [-0.2, -0.15) is 5.26 Å². The number of rotatable bonds is 6. The van der Waals surface area contributed by atoms with Crippen molar-refractivity contribution in [3.63, 3.8) is 0 Å². The highest BCUT2D eigenvalue weighted by molar-refractivity contribution is 5.84. The molecule has 2 atom stereocenters. The summed E-state index contributed by atoms with van der Waals surface area (Å²) in [6.45, 7) is 5.88. The number of hydrogen-bond acceptors (Lipinski definition) is 3. The van der Waals surface area contributed by atoms with Gasteiger partial charge in [0, 0.05) is 6.04 Å². The Morgan fingerprint density at radius 1 is 1.37 bits per heavy atom. The molecule has 2 unspecified atom stereocenters. The predicted octanol–water partition coefficient (Wildman–Crippen LogP) is 2.66. The molecular weight excluding hydrogens is 238 g/mol. The first kappa shape index (κ1) is 15.0. The van der Waals surface area contributed by atoms with Crippen LogP contribution >= 0.6 is 0 Å². The second-order valence-corrected chi connectivity index (χ2v) is 4.72. The summed E-state index contributed by atoms with van der Waals surface area (Å²) in [5.41, 5.74) is 1.24. The SMILES string of the molecule is CCCC(C)NC(=O)C(C)Nc1ccccc1C#N. The first-order chi connectivity index (χ1) is 9.08. The van der Waals surface area contributed by atoms with Crippen molar-refractivity contribution in [3.05, 3.63) is 29.8 Å². The van der Waals surface area contributed by atoms with Crippen LogP contribution in [-0.4, -0.2) is 18.0 Å². The Balaban J connectivity index is 2.62. The molecule has 1 rings (SSSR count). The third-order valence-corrected chi connectivity index (χ3v) is 2.92. The average molecular weight is 259 g/mol. The van der Waals surface area contributed by atoms with Crippen LogP contribution in [-0.2, 0) is 4.79 Å². The van der Waals surface area contributed by atoms with Crippen LogP contribution in [0.2, 0.25) is 0 Å². The summed E-state index contributed by atoms with van der Waals surface area (Å²) in [6.07, 6.45) is 2.01. The normalized spacial score (nSPS) is 13.2. The fourth-order valence-electron chi connectivity index (χ4n) is 1.88. The Kier molecular flexibility index (Phi) is 5.87. The van der Waals surface area contributed by atoms with E-state index in [-0.39, 0.29) is 18.0 Å². The summed E-state index contributed by atoms with van der Waals surface area (Å²) in [4.78, 5) is 12.0. The van der Waals surface area contributed by atoms with Crippen LogP contribution in [0.5, 0.6) is 0 Å². The first-order valence-electron chi connectivity index (χ1n) is 6.64. The summed E-state index contributed by atoms with van der Waals surface area (Å²) in [7, 11) is 0. The largest absolute Gasteiger partial charge is 0.373 e. The van der Waals surface area contributed by atoms with E-state index >= 15 is 0 Å². The zero-order chi connectivity index (χ0) is 14.3. The molecule has 0 aliphatic heterocycles. The van der Waals surface area contributed by atoms with Gasteiger partial charge in [-0.25, -0.2) is 0 Å². The zero-order valence-corrected chi connectivity index (χ0v) is 11.7. The van der Waals surface area contributed by atoms with Crippen molar-refractivity contribution in [1.82, 2.24) is 5.32 Å². The Labute approximate surface area is 114 Å². The van der Waals surface area contributed by atoms with E-state index in [1.165, 1.54) is 0 Å². The maximum Gasteiger partial charge on any atom is 0.242 e. The lowest BCUT2D eigenvalue weighted by molar-refractivity contribution is -0.122. The Bertz CT molecular complexity index is 465. The van der Waals surface area contributed by atoms with Crippen LogP contribution in [0.3, 0.4) is 0 Å². The van der Waals surface area contributed by atoms with E-state index in [9.17, 15) is 4.79 Å². The quantitative estimate of drug-likeness (QED) is 0.825. The molecule has 0 radical (unpaired) electrons. The molecule has 0 bridgehead atoms. The van der Waals surface area contributed by atoms with Gasteiger partial charge < -0.3 is 10.6 Å². The number of nitrogens with one attached hydrogen (secondary N) is 2. The number of benzene rings is 1. The minimum Gasteiger partial charge on any atom is -0.373 e. The summed E-state index contributed by atoms with van der Waals surface area (Å²) in [5, 5.41) is 15.0. The lowest BCUT2D eigenvalue weighted by Crippen LogP contribution is -2.42. The number of carbonyl (C=O) groups excluding carboxylic acids is 1. The minimum absolute atomic E-state index is 0.0475. The van der Waals surface area contributed by atoms with Crippen molar-refractivity contribution in [2.75, 3.05) is 5.32 Å². The number of nitriles is 1. The molecule has 102 valence electrons. The third kappa shape index (κ3) is 4.63. The van der Waals surface area contributed by atoms with Gasteiger partial charge in [0.2, 0.25) is 5.91 Å². The highest BCUT2D eigenvalue weighted by Gasteiger charge is 2.15. The maximum atomic E-state index is 12.0. The van der Waals surface area contributed by atoms with Gasteiger partial charge in [0.05, 0.1) is 11.3 Å². The van der Waals surface area contributed by atoms with Crippen LogP contribution in [0.1, 0.15) is 39.2 Å². The van der Waals surface area contributed by atoms with Crippen LogP contribution < -0.4 is 10.6 Å².